The lowest BCUT2D eigenvalue weighted by Gasteiger charge is -2.29. The monoisotopic (exact) mass is 625 g/mol. The molecule has 3 amide bonds. The van der Waals surface area contributed by atoms with Crippen LogP contribution < -0.4 is 10.8 Å². The molecule has 0 fully saturated rings. The van der Waals surface area contributed by atoms with Gasteiger partial charge in [0.25, 0.3) is 5.91 Å². The Morgan fingerprint density at radius 3 is 2.20 bits per heavy atom. The average Bonchev–Trinajstić information content (AvgIpc) is 3.62. The molecule has 4 N–H and O–H groups in total. The molecule has 1 aromatic heterocycles. The Kier molecular flexibility index (Phi) is 12.5. The molecule has 3 aromatic carbocycles. The van der Waals surface area contributed by atoms with Crippen LogP contribution in [0.25, 0.3) is 22.5 Å². The lowest BCUT2D eigenvalue weighted by molar-refractivity contribution is -0.144. The Bertz CT molecular complexity index is 1540. The number of tetrazole rings is 1. The number of carbonyl (C=O) groups excluding carboxylic acids is 3. The van der Waals surface area contributed by atoms with Crippen LogP contribution in [0.2, 0.25) is 0 Å². The van der Waals surface area contributed by atoms with Crippen LogP contribution in [0, 0.1) is 11.8 Å². The SMILES string of the molecule is CCCCCN(Cc1ccc(-c2ccccc2-c2nnn[nH]2)cc1)C(=O)[C@H](Cc1ccccc1)NC(=O)C(CC(C)C)C(=O)NO. The van der Waals surface area contributed by atoms with E-state index in [1.54, 1.807) is 10.4 Å². The third-order valence-electron chi connectivity index (χ3n) is 7.86. The fourth-order valence-electron chi connectivity index (χ4n) is 5.47. The number of hydrogen-bond acceptors (Lipinski definition) is 7. The molecular weight excluding hydrogens is 582 g/mol. The van der Waals surface area contributed by atoms with E-state index in [0.717, 1.165) is 47.1 Å². The summed E-state index contributed by atoms with van der Waals surface area (Å²) in [6.07, 6.45) is 3.25. The van der Waals surface area contributed by atoms with Gasteiger partial charge in [-0.05, 0) is 51.4 Å². The van der Waals surface area contributed by atoms with E-state index in [1.807, 2.05) is 92.7 Å². The molecule has 4 aromatic rings. The van der Waals surface area contributed by atoms with Crippen molar-refractivity contribution in [3.05, 3.63) is 90.0 Å². The minimum Gasteiger partial charge on any atom is -0.343 e. The van der Waals surface area contributed by atoms with Crippen molar-refractivity contribution in [2.45, 2.75) is 65.5 Å². The lowest BCUT2D eigenvalue weighted by atomic mass is 9.94. The standard InChI is InChI=1S/C35H43N7O4/c1-4-5-11-20-42(23-26-16-18-27(19-17-26)28-14-9-10-15-29(28)32-37-40-41-38-32)35(45)31(22-25-12-7-6-8-13-25)36-33(43)30(21-24(2)3)34(44)39-46/h6-10,12-19,24,30-31,46H,4-5,11,20-23H2,1-3H3,(H,36,43)(H,39,44)(H,37,38,40,41)/t30?,31-/m0/s1. The van der Waals surface area contributed by atoms with E-state index in [2.05, 4.69) is 32.9 Å². The van der Waals surface area contributed by atoms with Gasteiger partial charge < -0.3 is 10.2 Å². The van der Waals surface area contributed by atoms with Gasteiger partial charge in [-0.2, -0.15) is 0 Å². The van der Waals surface area contributed by atoms with Gasteiger partial charge in [-0.15, -0.1) is 5.10 Å². The maximum absolute atomic E-state index is 14.3. The van der Waals surface area contributed by atoms with Gasteiger partial charge in [0.15, 0.2) is 5.82 Å². The van der Waals surface area contributed by atoms with E-state index in [9.17, 15) is 19.6 Å². The van der Waals surface area contributed by atoms with Crippen LogP contribution in [-0.4, -0.2) is 61.0 Å². The molecule has 0 aliphatic carbocycles. The molecule has 0 saturated heterocycles. The van der Waals surface area contributed by atoms with Crippen LogP contribution in [0.1, 0.15) is 57.6 Å². The number of aromatic nitrogens is 4. The zero-order chi connectivity index (χ0) is 32.9. The van der Waals surface area contributed by atoms with Crippen LogP contribution in [0.3, 0.4) is 0 Å². The Morgan fingerprint density at radius 2 is 1.57 bits per heavy atom. The van der Waals surface area contributed by atoms with Crippen LogP contribution in [0.5, 0.6) is 0 Å². The number of H-pyrrole nitrogens is 1. The number of unbranched alkanes of at least 4 members (excludes halogenated alkanes) is 2. The normalized spacial score (nSPS) is 12.4. The van der Waals surface area contributed by atoms with E-state index in [4.69, 9.17) is 0 Å². The first-order chi connectivity index (χ1) is 22.3. The van der Waals surface area contributed by atoms with Crippen LogP contribution in [-0.2, 0) is 27.3 Å². The molecule has 242 valence electrons. The highest BCUT2D eigenvalue weighted by Gasteiger charge is 2.33. The highest BCUT2D eigenvalue weighted by molar-refractivity contribution is 6.01. The second-order valence-electron chi connectivity index (χ2n) is 11.9. The van der Waals surface area contributed by atoms with Crippen LogP contribution in [0.15, 0.2) is 78.9 Å². The summed E-state index contributed by atoms with van der Waals surface area (Å²) in [5.74, 6) is -2.15. The van der Waals surface area contributed by atoms with Crippen LogP contribution in [0.4, 0.5) is 0 Å². The summed E-state index contributed by atoms with van der Waals surface area (Å²) in [5, 5.41) is 26.5. The molecule has 0 aliphatic heterocycles. The molecule has 0 spiro atoms. The Balaban J connectivity index is 1.59. The van der Waals surface area contributed by atoms with E-state index in [0.29, 0.717) is 18.9 Å². The maximum Gasteiger partial charge on any atom is 0.255 e. The van der Waals surface area contributed by atoms with E-state index < -0.39 is 23.8 Å². The third kappa shape index (κ3) is 9.31. The minimum absolute atomic E-state index is 0.0178. The third-order valence-corrected chi connectivity index (χ3v) is 7.86. The first kappa shape index (κ1) is 34.0. The summed E-state index contributed by atoms with van der Waals surface area (Å²) in [6.45, 7) is 6.76. The number of nitrogens with zero attached hydrogens (tertiary/aromatic N) is 4. The highest BCUT2D eigenvalue weighted by Crippen LogP contribution is 2.30. The zero-order valence-corrected chi connectivity index (χ0v) is 26.6. The van der Waals surface area contributed by atoms with Gasteiger partial charge in [0.05, 0.1) is 0 Å². The zero-order valence-electron chi connectivity index (χ0n) is 26.6. The molecule has 46 heavy (non-hydrogen) atoms. The molecular formula is C35H43N7O4. The summed E-state index contributed by atoms with van der Waals surface area (Å²) >= 11 is 0. The summed E-state index contributed by atoms with van der Waals surface area (Å²) in [5.41, 5.74) is 6.26. The molecule has 2 atom stereocenters. The second-order valence-corrected chi connectivity index (χ2v) is 11.9. The summed E-state index contributed by atoms with van der Waals surface area (Å²) < 4.78 is 0. The fourth-order valence-corrected chi connectivity index (χ4v) is 5.47. The van der Waals surface area contributed by atoms with E-state index >= 15 is 0 Å². The van der Waals surface area contributed by atoms with Gasteiger partial charge >= 0.3 is 0 Å². The van der Waals surface area contributed by atoms with Crippen molar-refractivity contribution in [3.63, 3.8) is 0 Å². The first-order valence-corrected chi connectivity index (χ1v) is 15.8. The van der Waals surface area contributed by atoms with Crippen molar-refractivity contribution < 1.29 is 19.6 Å². The number of carbonyl (C=O) groups is 3. The van der Waals surface area contributed by atoms with Crippen molar-refractivity contribution in [1.82, 2.24) is 36.3 Å². The van der Waals surface area contributed by atoms with Gasteiger partial charge in [0, 0.05) is 25.1 Å². The van der Waals surface area contributed by atoms with Crippen molar-refractivity contribution in [3.8, 4) is 22.5 Å². The number of amides is 3. The summed E-state index contributed by atoms with van der Waals surface area (Å²) in [4.78, 5) is 41.9. The molecule has 11 heteroatoms. The fraction of sp³-hybridized carbons (Fsp3) is 0.371. The lowest BCUT2D eigenvalue weighted by Crippen LogP contribution is -2.53. The molecule has 4 rings (SSSR count). The van der Waals surface area contributed by atoms with Crippen molar-refractivity contribution >= 4 is 17.7 Å². The smallest absolute Gasteiger partial charge is 0.255 e. The molecule has 0 saturated carbocycles. The quantitative estimate of drug-likeness (QED) is 0.0595. The largest absolute Gasteiger partial charge is 0.343 e. The topological polar surface area (TPSA) is 153 Å². The van der Waals surface area contributed by atoms with Gasteiger partial charge in [-0.3, -0.25) is 19.6 Å². The molecule has 0 aliphatic rings. The first-order valence-electron chi connectivity index (χ1n) is 15.8. The maximum atomic E-state index is 14.3. The number of benzene rings is 3. The number of aromatic amines is 1. The van der Waals surface area contributed by atoms with Gasteiger partial charge in [-0.1, -0.05) is 112 Å². The minimum atomic E-state index is -1.13. The number of rotatable bonds is 16. The van der Waals surface area contributed by atoms with E-state index in [-0.39, 0.29) is 24.7 Å². The number of hydroxylamine groups is 1. The molecule has 1 unspecified atom stereocenters. The van der Waals surface area contributed by atoms with Gasteiger partial charge in [0.2, 0.25) is 11.8 Å². The van der Waals surface area contributed by atoms with Gasteiger partial charge in [-0.25, -0.2) is 10.6 Å². The average molecular weight is 626 g/mol. The predicted octanol–water partition coefficient (Wildman–Crippen LogP) is 4.95. The van der Waals surface area contributed by atoms with Crippen molar-refractivity contribution in [2.24, 2.45) is 11.8 Å². The molecule has 0 bridgehead atoms. The summed E-state index contributed by atoms with van der Waals surface area (Å²) in [6, 6.07) is 24.5. The van der Waals surface area contributed by atoms with Crippen molar-refractivity contribution in [2.75, 3.05) is 6.54 Å². The Labute approximate surface area is 269 Å². The Hall–Kier alpha value is -4.90. The number of hydrogen-bond donors (Lipinski definition) is 4. The molecule has 1 heterocycles. The summed E-state index contributed by atoms with van der Waals surface area (Å²) in [7, 11) is 0. The predicted molar refractivity (Wildman–Crippen MR) is 175 cm³/mol. The number of nitrogens with one attached hydrogen (secondary N) is 3. The van der Waals surface area contributed by atoms with Gasteiger partial charge in [0.1, 0.15) is 12.0 Å². The Morgan fingerprint density at radius 1 is 0.870 bits per heavy atom. The van der Waals surface area contributed by atoms with Crippen LogP contribution >= 0.6 is 0 Å². The highest BCUT2D eigenvalue weighted by atomic mass is 16.5. The second kappa shape index (κ2) is 17.0. The molecule has 11 nitrogen and oxygen atoms in total. The van der Waals surface area contributed by atoms with E-state index in [1.165, 1.54) is 0 Å². The van der Waals surface area contributed by atoms with Crippen molar-refractivity contribution in [1.29, 1.82) is 0 Å². The molecule has 0 radical (unpaired) electrons.